The summed E-state index contributed by atoms with van der Waals surface area (Å²) in [7, 11) is -0.340. The molecule has 2 aromatic rings. The zero-order valence-corrected chi connectivity index (χ0v) is 20.1. The molecule has 0 radical (unpaired) electrons. The second-order valence-electron chi connectivity index (χ2n) is 10.4. The Bertz CT molecular complexity index is 887. The average molecular weight is 423 g/mol. The number of nitrogens with zero attached hydrogens (tertiary/aromatic N) is 1. The Morgan fingerprint density at radius 1 is 0.935 bits per heavy atom. The van der Waals surface area contributed by atoms with Gasteiger partial charge in [-0.2, -0.15) is 0 Å². The van der Waals surface area contributed by atoms with E-state index in [1.165, 1.54) is 24.6 Å². The van der Waals surface area contributed by atoms with E-state index in [1.807, 2.05) is 0 Å². The highest BCUT2D eigenvalue weighted by Crippen LogP contribution is 2.36. The van der Waals surface area contributed by atoms with Crippen LogP contribution in [0.25, 0.3) is 10.8 Å². The van der Waals surface area contributed by atoms with E-state index in [4.69, 9.17) is 14.0 Å². The molecule has 0 amide bonds. The van der Waals surface area contributed by atoms with Crippen molar-refractivity contribution in [3.8, 4) is 5.75 Å². The lowest BCUT2D eigenvalue weighted by Crippen LogP contribution is -2.44. The number of fused-ring (bicyclic) bond motifs is 1. The molecule has 2 saturated heterocycles. The SMILES string of the molecule is CC1CCCC(C)N1CCCOc1ccc2ccc(B3OC(C)(C)C(C)(C)O3)cc2c1. The summed E-state index contributed by atoms with van der Waals surface area (Å²) in [5, 5.41) is 2.35. The third-order valence-corrected chi connectivity index (χ3v) is 7.57. The maximum absolute atomic E-state index is 6.23. The second kappa shape index (κ2) is 8.76. The Labute approximate surface area is 188 Å². The molecule has 5 heteroatoms. The minimum atomic E-state index is -0.340. The van der Waals surface area contributed by atoms with Crippen LogP contribution in [-0.2, 0) is 9.31 Å². The first-order valence-electron chi connectivity index (χ1n) is 11.9. The summed E-state index contributed by atoms with van der Waals surface area (Å²) in [6, 6.07) is 14.1. The van der Waals surface area contributed by atoms with Gasteiger partial charge in [0.05, 0.1) is 17.8 Å². The number of piperidine rings is 1. The van der Waals surface area contributed by atoms with Gasteiger partial charge in [-0.25, -0.2) is 0 Å². The third kappa shape index (κ3) is 4.79. The van der Waals surface area contributed by atoms with Crippen LogP contribution in [0.15, 0.2) is 36.4 Å². The minimum absolute atomic E-state index is 0.332. The first kappa shape index (κ1) is 22.6. The van der Waals surface area contributed by atoms with Crippen molar-refractivity contribution in [3.63, 3.8) is 0 Å². The molecule has 2 aromatic carbocycles. The lowest BCUT2D eigenvalue weighted by atomic mass is 9.78. The van der Waals surface area contributed by atoms with E-state index in [1.54, 1.807) is 0 Å². The Balaban J connectivity index is 1.38. The van der Waals surface area contributed by atoms with Crippen LogP contribution in [0.3, 0.4) is 0 Å². The van der Waals surface area contributed by atoms with E-state index in [0.717, 1.165) is 36.2 Å². The first-order chi connectivity index (χ1) is 14.7. The molecule has 2 aliphatic heterocycles. The largest absolute Gasteiger partial charge is 0.494 e. The average Bonchev–Trinajstić information content (AvgIpc) is 2.93. The van der Waals surface area contributed by atoms with Gasteiger partial charge in [0.15, 0.2) is 0 Å². The van der Waals surface area contributed by atoms with Crippen molar-refractivity contribution >= 4 is 23.4 Å². The maximum atomic E-state index is 6.23. The summed E-state index contributed by atoms with van der Waals surface area (Å²) in [6.45, 7) is 14.9. The van der Waals surface area contributed by atoms with Gasteiger partial charge in [-0.3, -0.25) is 4.90 Å². The van der Waals surface area contributed by atoms with Gasteiger partial charge in [-0.05, 0) is 89.2 Å². The normalized spacial score (nSPS) is 25.8. The lowest BCUT2D eigenvalue weighted by Gasteiger charge is -2.39. The van der Waals surface area contributed by atoms with E-state index in [0.29, 0.717) is 12.1 Å². The summed E-state index contributed by atoms with van der Waals surface area (Å²) in [4.78, 5) is 2.64. The molecule has 0 bridgehead atoms. The van der Waals surface area contributed by atoms with Crippen LogP contribution >= 0.6 is 0 Å². The van der Waals surface area contributed by atoms with Crippen molar-refractivity contribution in [2.75, 3.05) is 13.2 Å². The number of ether oxygens (including phenoxy) is 1. The van der Waals surface area contributed by atoms with E-state index >= 15 is 0 Å². The Morgan fingerprint density at radius 2 is 1.58 bits per heavy atom. The highest BCUT2D eigenvalue weighted by atomic mass is 16.7. The van der Waals surface area contributed by atoms with Crippen LogP contribution in [0.2, 0.25) is 0 Å². The molecule has 0 saturated carbocycles. The molecule has 2 fully saturated rings. The summed E-state index contributed by atoms with van der Waals surface area (Å²) >= 11 is 0. The number of rotatable bonds is 6. The van der Waals surface area contributed by atoms with Gasteiger partial charge in [0.2, 0.25) is 0 Å². The smallest absolute Gasteiger partial charge is 0.494 e. The van der Waals surface area contributed by atoms with Crippen LogP contribution < -0.4 is 10.2 Å². The highest BCUT2D eigenvalue weighted by Gasteiger charge is 2.51. The molecular formula is C26H38BNO3. The number of benzene rings is 2. The molecule has 2 aliphatic rings. The fourth-order valence-corrected chi connectivity index (χ4v) is 4.81. The summed E-state index contributed by atoms with van der Waals surface area (Å²) in [6.07, 6.45) is 5.06. The molecule has 0 aromatic heterocycles. The molecular weight excluding hydrogens is 385 g/mol. The van der Waals surface area contributed by atoms with Crippen LogP contribution in [0, 0.1) is 0 Å². The summed E-state index contributed by atoms with van der Waals surface area (Å²) < 4.78 is 18.6. The molecule has 0 spiro atoms. The van der Waals surface area contributed by atoms with Crippen LogP contribution in [0.1, 0.15) is 67.2 Å². The molecule has 0 N–H and O–H groups in total. The van der Waals surface area contributed by atoms with E-state index in [2.05, 4.69) is 82.8 Å². The van der Waals surface area contributed by atoms with Gasteiger partial charge >= 0.3 is 7.12 Å². The first-order valence-corrected chi connectivity index (χ1v) is 11.9. The van der Waals surface area contributed by atoms with Crippen LogP contribution in [0.4, 0.5) is 0 Å². The third-order valence-electron chi connectivity index (χ3n) is 7.57. The Hall–Kier alpha value is -1.56. The summed E-state index contributed by atoms with van der Waals surface area (Å²) in [5.74, 6) is 0.929. The van der Waals surface area contributed by atoms with E-state index in [9.17, 15) is 0 Å². The van der Waals surface area contributed by atoms with Crippen molar-refractivity contribution in [1.29, 1.82) is 0 Å². The quantitative estimate of drug-likeness (QED) is 0.474. The molecule has 0 aliphatic carbocycles. The zero-order chi connectivity index (χ0) is 22.2. The van der Waals surface area contributed by atoms with Crippen LogP contribution in [0.5, 0.6) is 5.75 Å². The maximum Gasteiger partial charge on any atom is 0.494 e. The van der Waals surface area contributed by atoms with Crippen molar-refractivity contribution in [2.45, 2.75) is 90.5 Å². The van der Waals surface area contributed by atoms with Gasteiger partial charge < -0.3 is 14.0 Å². The monoisotopic (exact) mass is 423 g/mol. The van der Waals surface area contributed by atoms with E-state index in [-0.39, 0.29) is 18.3 Å². The highest BCUT2D eigenvalue weighted by molar-refractivity contribution is 6.62. The molecule has 2 atom stereocenters. The van der Waals surface area contributed by atoms with Crippen molar-refractivity contribution in [1.82, 2.24) is 4.90 Å². The molecule has 168 valence electrons. The Morgan fingerprint density at radius 3 is 2.26 bits per heavy atom. The minimum Gasteiger partial charge on any atom is -0.494 e. The standard InChI is InChI=1S/C26H38BNO3/c1-19-9-7-10-20(2)28(19)15-8-16-29-24-14-12-21-11-13-23(17-22(21)18-24)27-30-25(3,4)26(5,6)31-27/h11-14,17-20H,7-10,15-16H2,1-6H3. The molecule has 2 unspecified atom stereocenters. The van der Waals surface area contributed by atoms with Crippen LogP contribution in [-0.4, -0.2) is 48.5 Å². The molecule has 4 rings (SSSR count). The molecule has 2 heterocycles. The number of likely N-dealkylation sites (tertiary alicyclic amines) is 1. The van der Waals surface area contributed by atoms with Crippen molar-refractivity contribution < 1.29 is 14.0 Å². The summed E-state index contributed by atoms with van der Waals surface area (Å²) in [5.41, 5.74) is 0.387. The molecule has 4 nitrogen and oxygen atoms in total. The predicted octanol–water partition coefficient (Wildman–Crippen LogP) is 5.17. The van der Waals surface area contributed by atoms with Gasteiger partial charge in [0.25, 0.3) is 0 Å². The van der Waals surface area contributed by atoms with Gasteiger partial charge in [-0.15, -0.1) is 0 Å². The van der Waals surface area contributed by atoms with E-state index < -0.39 is 0 Å². The lowest BCUT2D eigenvalue weighted by molar-refractivity contribution is 0.00578. The predicted molar refractivity (Wildman–Crippen MR) is 129 cm³/mol. The van der Waals surface area contributed by atoms with Crippen molar-refractivity contribution in [3.05, 3.63) is 36.4 Å². The fourth-order valence-electron chi connectivity index (χ4n) is 4.81. The Kier molecular flexibility index (Phi) is 6.40. The van der Waals surface area contributed by atoms with Crippen molar-refractivity contribution in [2.24, 2.45) is 0 Å². The zero-order valence-electron chi connectivity index (χ0n) is 20.1. The van der Waals surface area contributed by atoms with Gasteiger partial charge in [0.1, 0.15) is 5.75 Å². The molecule has 31 heavy (non-hydrogen) atoms. The topological polar surface area (TPSA) is 30.9 Å². The fraction of sp³-hybridized carbons (Fsp3) is 0.615. The number of hydrogen-bond donors (Lipinski definition) is 0. The number of hydrogen-bond acceptors (Lipinski definition) is 4. The van der Waals surface area contributed by atoms with Gasteiger partial charge in [0, 0.05) is 18.6 Å². The van der Waals surface area contributed by atoms with Gasteiger partial charge in [-0.1, -0.05) is 30.7 Å². The second-order valence-corrected chi connectivity index (χ2v) is 10.4.